The number of aromatic amines is 1. The third kappa shape index (κ3) is 5.01. The molecule has 0 saturated carbocycles. The fourth-order valence-electron chi connectivity index (χ4n) is 2.94. The van der Waals surface area contributed by atoms with E-state index in [1.165, 1.54) is 0 Å². The number of hydrogen-bond donors (Lipinski definition) is 3. The third-order valence-electron chi connectivity index (χ3n) is 4.13. The number of likely N-dealkylation sites (tertiary alicyclic amines) is 1. The summed E-state index contributed by atoms with van der Waals surface area (Å²) in [6.45, 7) is 9.32. The van der Waals surface area contributed by atoms with Gasteiger partial charge in [-0.3, -0.25) is 4.79 Å². The highest BCUT2D eigenvalue weighted by molar-refractivity contribution is 5.92. The highest BCUT2D eigenvalue weighted by atomic mass is 16.2. The molecule has 1 saturated heterocycles. The van der Waals surface area contributed by atoms with Gasteiger partial charge in [0.15, 0.2) is 0 Å². The summed E-state index contributed by atoms with van der Waals surface area (Å²) >= 11 is 0. The summed E-state index contributed by atoms with van der Waals surface area (Å²) in [6.07, 6.45) is 3.74. The van der Waals surface area contributed by atoms with Gasteiger partial charge in [0, 0.05) is 30.9 Å². The topological polar surface area (TPSA) is 77.2 Å². The van der Waals surface area contributed by atoms with Crippen LogP contribution < -0.4 is 10.6 Å². The van der Waals surface area contributed by atoms with Crippen LogP contribution in [0.5, 0.6) is 0 Å². The minimum Gasteiger partial charge on any atom is -0.357 e. The molecule has 0 radical (unpaired) electrons. The molecule has 3 N–H and O–H groups in total. The summed E-state index contributed by atoms with van der Waals surface area (Å²) in [5.74, 6) is 0.305. The van der Waals surface area contributed by atoms with Gasteiger partial charge in [0.05, 0.1) is 0 Å². The maximum absolute atomic E-state index is 12.4. The molecule has 6 heteroatoms. The number of hydrogen-bond acceptors (Lipinski definition) is 2. The lowest BCUT2D eigenvalue weighted by atomic mass is 9.91. The monoisotopic (exact) mass is 320 g/mol. The Bertz CT molecular complexity index is 533. The molecule has 1 aliphatic heterocycles. The maximum atomic E-state index is 12.4. The van der Waals surface area contributed by atoms with Gasteiger partial charge in [0.2, 0.25) is 0 Å². The van der Waals surface area contributed by atoms with E-state index in [9.17, 15) is 9.59 Å². The van der Waals surface area contributed by atoms with E-state index in [0.717, 1.165) is 19.4 Å². The molecule has 2 heterocycles. The van der Waals surface area contributed by atoms with Gasteiger partial charge in [0.1, 0.15) is 5.69 Å². The molecule has 0 aromatic carbocycles. The summed E-state index contributed by atoms with van der Waals surface area (Å²) in [6, 6.07) is 3.49. The second-order valence-electron chi connectivity index (χ2n) is 7.37. The fraction of sp³-hybridized carbons (Fsp3) is 0.647. The van der Waals surface area contributed by atoms with Crippen LogP contribution in [0.25, 0.3) is 0 Å². The van der Waals surface area contributed by atoms with Crippen LogP contribution in [0.15, 0.2) is 18.3 Å². The van der Waals surface area contributed by atoms with Gasteiger partial charge in [-0.25, -0.2) is 4.79 Å². The Kier molecular flexibility index (Phi) is 5.34. The molecule has 1 aromatic heterocycles. The molecule has 2 unspecified atom stereocenters. The quantitative estimate of drug-likeness (QED) is 0.799. The fourth-order valence-corrected chi connectivity index (χ4v) is 2.94. The number of nitrogens with one attached hydrogen (secondary N) is 3. The standard InChI is InChI=1S/C17H28N4O2/c1-12(19-16(23)20-17(2,3)4)13-7-6-10-21(11-13)15(22)14-8-5-9-18-14/h5,8-9,12-13,18H,6-7,10-11H2,1-4H3,(H2,19,20,23). The van der Waals surface area contributed by atoms with Crippen molar-refractivity contribution in [2.24, 2.45) is 5.92 Å². The number of carbonyl (C=O) groups is 2. The second-order valence-corrected chi connectivity index (χ2v) is 7.37. The van der Waals surface area contributed by atoms with Gasteiger partial charge < -0.3 is 20.5 Å². The largest absolute Gasteiger partial charge is 0.357 e. The highest BCUT2D eigenvalue weighted by Gasteiger charge is 2.29. The summed E-state index contributed by atoms with van der Waals surface area (Å²) in [4.78, 5) is 29.3. The van der Waals surface area contributed by atoms with Crippen molar-refractivity contribution in [2.45, 2.75) is 52.1 Å². The molecular formula is C17H28N4O2. The minimum atomic E-state index is -0.258. The van der Waals surface area contributed by atoms with E-state index < -0.39 is 0 Å². The first-order valence-corrected chi connectivity index (χ1v) is 8.27. The Morgan fingerprint density at radius 2 is 2.13 bits per heavy atom. The number of urea groups is 1. The molecule has 6 nitrogen and oxygen atoms in total. The van der Waals surface area contributed by atoms with E-state index in [0.29, 0.717) is 12.2 Å². The van der Waals surface area contributed by atoms with Crippen LogP contribution in [0, 0.1) is 5.92 Å². The highest BCUT2D eigenvalue weighted by Crippen LogP contribution is 2.21. The molecule has 2 atom stereocenters. The zero-order valence-electron chi connectivity index (χ0n) is 14.5. The molecule has 3 amide bonds. The van der Waals surface area contributed by atoms with Crippen LogP contribution in [0.1, 0.15) is 51.0 Å². The van der Waals surface area contributed by atoms with E-state index >= 15 is 0 Å². The molecule has 0 aliphatic carbocycles. The summed E-state index contributed by atoms with van der Waals surface area (Å²) in [5, 5.41) is 5.91. The molecular weight excluding hydrogens is 292 g/mol. The molecule has 1 fully saturated rings. The Morgan fingerprint density at radius 3 is 2.74 bits per heavy atom. The van der Waals surface area contributed by atoms with Gasteiger partial charge in [-0.1, -0.05) is 0 Å². The lowest BCUT2D eigenvalue weighted by molar-refractivity contribution is 0.0648. The van der Waals surface area contributed by atoms with E-state index in [4.69, 9.17) is 0 Å². The molecule has 1 aliphatic rings. The van der Waals surface area contributed by atoms with E-state index in [2.05, 4.69) is 15.6 Å². The number of nitrogens with zero attached hydrogens (tertiary/aromatic N) is 1. The number of carbonyl (C=O) groups excluding carboxylic acids is 2. The average Bonchev–Trinajstić information content (AvgIpc) is 2.98. The molecule has 0 spiro atoms. The van der Waals surface area contributed by atoms with Gasteiger partial charge in [0.25, 0.3) is 5.91 Å². The molecule has 1 aromatic rings. The normalized spacial score (nSPS) is 20.0. The minimum absolute atomic E-state index is 0.0246. The predicted molar refractivity (Wildman–Crippen MR) is 90.3 cm³/mol. The van der Waals surface area contributed by atoms with Gasteiger partial charge in [-0.05, 0) is 58.6 Å². The van der Waals surface area contributed by atoms with Gasteiger partial charge in [-0.2, -0.15) is 0 Å². The van der Waals surface area contributed by atoms with Crippen molar-refractivity contribution < 1.29 is 9.59 Å². The lowest BCUT2D eigenvalue weighted by Gasteiger charge is -2.36. The number of amides is 3. The first-order valence-electron chi connectivity index (χ1n) is 8.27. The lowest BCUT2D eigenvalue weighted by Crippen LogP contribution is -2.53. The molecule has 128 valence electrons. The van der Waals surface area contributed by atoms with Crippen LogP contribution in [0.4, 0.5) is 4.79 Å². The van der Waals surface area contributed by atoms with Crippen molar-refractivity contribution in [3.05, 3.63) is 24.0 Å². The van der Waals surface area contributed by atoms with Crippen LogP contribution in [-0.4, -0.2) is 46.5 Å². The molecule has 2 rings (SSSR count). The number of H-pyrrole nitrogens is 1. The summed E-state index contributed by atoms with van der Waals surface area (Å²) in [5.41, 5.74) is 0.364. The van der Waals surface area contributed by atoms with E-state index in [-0.39, 0.29) is 29.4 Å². The first kappa shape index (κ1) is 17.4. The second kappa shape index (κ2) is 7.06. The van der Waals surface area contributed by atoms with Crippen molar-refractivity contribution in [1.29, 1.82) is 0 Å². The average molecular weight is 320 g/mol. The predicted octanol–water partition coefficient (Wildman–Crippen LogP) is 2.35. The zero-order valence-corrected chi connectivity index (χ0v) is 14.5. The van der Waals surface area contributed by atoms with Crippen molar-refractivity contribution in [1.82, 2.24) is 20.5 Å². The number of rotatable bonds is 3. The zero-order chi connectivity index (χ0) is 17.0. The Labute approximate surface area is 138 Å². The van der Waals surface area contributed by atoms with Crippen molar-refractivity contribution >= 4 is 11.9 Å². The Hall–Kier alpha value is -1.98. The van der Waals surface area contributed by atoms with E-state index in [1.54, 1.807) is 12.3 Å². The third-order valence-corrected chi connectivity index (χ3v) is 4.13. The molecule has 0 bridgehead atoms. The SMILES string of the molecule is CC(NC(=O)NC(C)(C)C)C1CCCN(C(=O)c2ccc[nH]2)C1. The van der Waals surface area contributed by atoms with Crippen LogP contribution in [-0.2, 0) is 0 Å². The van der Waals surface area contributed by atoms with Gasteiger partial charge >= 0.3 is 6.03 Å². The number of piperidine rings is 1. The molecule has 23 heavy (non-hydrogen) atoms. The van der Waals surface area contributed by atoms with Crippen LogP contribution in [0.3, 0.4) is 0 Å². The van der Waals surface area contributed by atoms with Crippen molar-refractivity contribution in [3.63, 3.8) is 0 Å². The smallest absolute Gasteiger partial charge is 0.315 e. The van der Waals surface area contributed by atoms with Crippen LogP contribution in [0.2, 0.25) is 0 Å². The summed E-state index contributed by atoms with van der Waals surface area (Å²) < 4.78 is 0. The number of aromatic nitrogens is 1. The van der Waals surface area contributed by atoms with E-state index in [1.807, 2.05) is 38.7 Å². The Balaban J connectivity index is 1.90. The maximum Gasteiger partial charge on any atom is 0.315 e. The Morgan fingerprint density at radius 1 is 1.39 bits per heavy atom. The van der Waals surface area contributed by atoms with Crippen molar-refractivity contribution in [3.8, 4) is 0 Å². The van der Waals surface area contributed by atoms with Gasteiger partial charge in [-0.15, -0.1) is 0 Å². The summed E-state index contributed by atoms with van der Waals surface area (Å²) in [7, 11) is 0. The van der Waals surface area contributed by atoms with Crippen LogP contribution >= 0.6 is 0 Å². The van der Waals surface area contributed by atoms with Crippen molar-refractivity contribution in [2.75, 3.05) is 13.1 Å². The first-order chi connectivity index (χ1) is 10.8.